The summed E-state index contributed by atoms with van der Waals surface area (Å²) in [5, 5.41) is 9.06. The molecule has 1 aromatic carbocycles. The Morgan fingerprint density at radius 2 is 2.07 bits per heavy atom. The highest BCUT2D eigenvalue weighted by molar-refractivity contribution is 5.46. The van der Waals surface area contributed by atoms with Gasteiger partial charge in [-0.15, -0.1) is 0 Å². The smallest absolute Gasteiger partial charge is 0.208 e. The van der Waals surface area contributed by atoms with Gasteiger partial charge in [-0.05, 0) is 18.1 Å². The summed E-state index contributed by atoms with van der Waals surface area (Å²) in [6.45, 7) is 0. The van der Waals surface area contributed by atoms with Gasteiger partial charge in [-0.2, -0.15) is 0 Å². The van der Waals surface area contributed by atoms with Crippen molar-refractivity contribution in [3.63, 3.8) is 0 Å². The van der Waals surface area contributed by atoms with E-state index >= 15 is 0 Å². The summed E-state index contributed by atoms with van der Waals surface area (Å²) >= 11 is 0. The number of nitrogens with zero attached hydrogens (tertiary/aromatic N) is 1. The van der Waals surface area contributed by atoms with Gasteiger partial charge in [0.2, 0.25) is 5.88 Å². The number of aromatic nitrogens is 2. The van der Waals surface area contributed by atoms with E-state index < -0.39 is 0 Å². The number of nitrogens with two attached hydrogens (primary N) is 1. The molecule has 0 amide bonds. The van der Waals surface area contributed by atoms with Crippen LogP contribution in [0.3, 0.4) is 0 Å². The van der Waals surface area contributed by atoms with Gasteiger partial charge < -0.3 is 15.8 Å². The summed E-state index contributed by atoms with van der Waals surface area (Å²) in [5.74, 6) is 0.877. The summed E-state index contributed by atoms with van der Waals surface area (Å²) in [6.07, 6.45) is 2.97. The van der Waals surface area contributed by atoms with E-state index in [0.717, 1.165) is 29.9 Å². The van der Waals surface area contributed by atoms with E-state index in [9.17, 15) is 0 Å². The van der Waals surface area contributed by atoms with Crippen molar-refractivity contribution in [2.24, 2.45) is 0 Å². The average Bonchev–Trinajstić information content (AvgIpc) is 2.63. The maximum atomic E-state index is 9.06. The first-order valence-corrected chi connectivity index (χ1v) is 4.82. The molecule has 2 rings (SSSR count). The van der Waals surface area contributed by atoms with Crippen LogP contribution in [-0.2, 0) is 12.8 Å². The predicted octanol–water partition coefficient (Wildman–Crippen LogP) is 1.48. The number of hydrogen-bond acceptors (Lipinski definition) is 3. The van der Waals surface area contributed by atoms with Crippen molar-refractivity contribution in [2.45, 2.75) is 12.8 Å². The van der Waals surface area contributed by atoms with Crippen molar-refractivity contribution >= 4 is 5.69 Å². The number of benzene rings is 1. The third-order valence-corrected chi connectivity index (χ3v) is 2.30. The number of aryl methyl sites for hydroxylation is 2. The standard InChI is InChI=1S/C11H13N3O/c12-9-4-2-1-3-8(9)5-6-10-13-7-11(15)14-10/h1-4,7,15H,5-6,12H2,(H,13,14). The monoisotopic (exact) mass is 203 g/mol. The first kappa shape index (κ1) is 9.58. The van der Waals surface area contributed by atoms with Crippen LogP contribution < -0.4 is 5.73 Å². The molecule has 0 aliphatic carbocycles. The zero-order valence-electron chi connectivity index (χ0n) is 8.27. The largest absolute Gasteiger partial charge is 0.493 e. The molecule has 0 radical (unpaired) electrons. The van der Waals surface area contributed by atoms with E-state index in [4.69, 9.17) is 10.8 Å². The number of nitrogens with one attached hydrogen (secondary N) is 1. The lowest BCUT2D eigenvalue weighted by Crippen LogP contribution is -1.97. The van der Waals surface area contributed by atoms with Gasteiger partial charge in [0.25, 0.3) is 0 Å². The molecule has 0 fully saturated rings. The van der Waals surface area contributed by atoms with Crippen LogP contribution in [-0.4, -0.2) is 15.1 Å². The lowest BCUT2D eigenvalue weighted by Gasteiger charge is -2.03. The number of para-hydroxylation sites is 1. The fourth-order valence-corrected chi connectivity index (χ4v) is 1.49. The Kier molecular flexibility index (Phi) is 2.58. The van der Waals surface area contributed by atoms with Crippen LogP contribution >= 0.6 is 0 Å². The molecule has 0 atom stereocenters. The Balaban J connectivity index is 2.02. The number of rotatable bonds is 3. The second-order valence-corrected chi connectivity index (χ2v) is 3.41. The Hall–Kier alpha value is -1.97. The molecule has 4 N–H and O–H groups in total. The van der Waals surface area contributed by atoms with Crippen LogP contribution in [0.1, 0.15) is 11.4 Å². The fraction of sp³-hybridized carbons (Fsp3) is 0.182. The molecule has 0 aliphatic heterocycles. The van der Waals surface area contributed by atoms with E-state index in [1.54, 1.807) is 0 Å². The first-order chi connectivity index (χ1) is 7.25. The predicted molar refractivity (Wildman–Crippen MR) is 58.5 cm³/mol. The number of aromatic hydroxyl groups is 1. The van der Waals surface area contributed by atoms with Gasteiger partial charge in [-0.3, -0.25) is 0 Å². The van der Waals surface area contributed by atoms with Crippen LogP contribution in [0, 0.1) is 0 Å². The lowest BCUT2D eigenvalue weighted by molar-refractivity contribution is 0.455. The van der Waals surface area contributed by atoms with E-state index in [2.05, 4.69) is 9.97 Å². The topological polar surface area (TPSA) is 74.9 Å². The van der Waals surface area contributed by atoms with Crippen molar-refractivity contribution in [1.82, 2.24) is 9.97 Å². The summed E-state index contributed by atoms with van der Waals surface area (Å²) in [5.41, 5.74) is 7.71. The molecule has 78 valence electrons. The summed E-state index contributed by atoms with van der Waals surface area (Å²) in [6, 6.07) is 7.76. The minimum absolute atomic E-state index is 0.103. The van der Waals surface area contributed by atoms with E-state index in [1.807, 2.05) is 24.3 Å². The Labute approximate surface area is 87.8 Å². The van der Waals surface area contributed by atoms with Gasteiger partial charge in [0.05, 0.1) is 6.20 Å². The van der Waals surface area contributed by atoms with E-state index in [0.29, 0.717) is 0 Å². The SMILES string of the molecule is Nc1ccccc1CCc1ncc(O)[nH]1. The van der Waals surface area contributed by atoms with Gasteiger partial charge >= 0.3 is 0 Å². The molecular formula is C11H13N3O. The lowest BCUT2D eigenvalue weighted by atomic mass is 10.1. The summed E-state index contributed by atoms with van der Waals surface area (Å²) in [4.78, 5) is 6.78. The molecule has 0 spiro atoms. The zero-order valence-corrected chi connectivity index (χ0v) is 8.27. The van der Waals surface area contributed by atoms with Crippen LogP contribution in [0.2, 0.25) is 0 Å². The maximum absolute atomic E-state index is 9.06. The van der Waals surface area contributed by atoms with Crippen LogP contribution in [0.5, 0.6) is 5.88 Å². The first-order valence-electron chi connectivity index (χ1n) is 4.82. The molecule has 2 aromatic rings. The normalized spacial score (nSPS) is 10.4. The molecule has 0 unspecified atom stereocenters. The average molecular weight is 203 g/mol. The molecular weight excluding hydrogens is 190 g/mol. The zero-order chi connectivity index (χ0) is 10.7. The number of imidazole rings is 1. The van der Waals surface area contributed by atoms with Gasteiger partial charge in [0.15, 0.2) is 0 Å². The van der Waals surface area contributed by atoms with Gasteiger partial charge in [0, 0.05) is 12.1 Å². The quantitative estimate of drug-likeness (QED) is 0.661. The van der Waals surface area contributed by atoms with Crippen molar-refractivity contribution in [3.05, 3.63) is 41.9 Å². The number of anilines is 1. The molecule has 1 heterocycles. The maximum Gasteiger partial charge on any atom is 0.208 e. The van der Waals surface area contributed by atoms with Gasteiger partial charge in [-0.25, -0.2) is 4.98 Å². The molecule has 0 saturated carbocycles. The highest BCUT2D eigenvalue weighted by atomic mass is 16.3. The Bertz CT molecular complexity index is 451. The van der Waals surface area contributed by atoms with Gasteiger partial charge in [-0.1, -0.05) is 18.2 Å². The second kappa shape index (κ2) is 4.04. The van der Waals surface area contributed by atoms with Crippen molar-refractivity contribution < 1.29 is 5.11 Å². The molecule has 4 nitrogen and oxygen atoms in total. The van der Waals surface area contributed by atoms with E-state index in [-0.39, 0.29) is 5.88 Å². The summed E-state index contributed by atoms with van der Waals surface area (Å²) in [7, 11) is 0. The van der Waals surface area contributed by atoms with Crippen molar-refractivity contribution in [1.29, 1.82) is 0 Å². The third-order valence-electron chi connectivity index (χ3n) is 2.30. The highest BCUT2D eigenvalue weighted by Gasteiger charge is 2.01. The number of H-pyrrole nitrogens is 1. The Morgan fingerprint density at radius 3 is 2.73 bits per heavy atom. The summed E-state index contributed by atoms with van der Waals surface area (Å²) < 4.78 is 0. The van der Waals surface area contributed by atoms with Gasteiger partial charge in [0.1, 0.15) is 5.82 Å². The van der Waals surface area contributed by atoms with Crippen LogP contribution in [0.15, 0.2) is 30.5 Å². The number of aromatic amines is 1. The van der Waals surface area contributed by atoms with Crippen LogP contribution in [0.4, 0.5) is 5.69 Å². The van der Waals surface area contributed by atoms with Crippen LogP contribution in [0.25, 0.3) is 0 Å². The molecule has 0 aliphatic rings. The van der Waals surface area contributed by atoms with Crippen molar-refractivity contribution in [3.8, 4) is 5.88 Å². The molecule has 0 saturated heterocycles. The molecule has 0 bridgehead atoms. The minimum Gasteiger partial charge on any atom is -0.493 e. The van der Waals surface area contributed by atoms with Crippen molar-refractivity contribution in [2.75, 3.05) is 5.73 Å². The molecule has 4 heteroatoms. The fourth-order valence-electron chi connectivity index (χ4n) is 1.49. The number of hydrogen-bond donors (Lipinski definition) is 3. The highest BCUT2D eigenvalue weighted by Crippen LogP contribution is 2.13. The molecule has 1 aromatic heterocycles. The minimum atomic E-state index is 0.103. The van der Waals surface area contributed by atoms with E-state index in [1.165, 1.54) is 6.20 Å². The third kappa shape index (κ3) is 2.28. The molecule has 15 heavy (non-hydrogen) atoms. The second-order valence-electron chi connectivity index (χ2n) is 3.41. The number of nitrogen functional groups attached to an aromatic ring is 1. The Morgan fingerprint density at radius 1 is 1.27 bits per heavy atom.